The summed E-state index contributed by atoms with van der Waals surface area (Å²) in [6.07, 6.45) is 0.919. The lowest BCUT2D eigenvalue weighted by molar-refractivity contribution is -0.118. The first-order valence-electron chi connectivity index (χ1n) is 3.20. The Morgan fingerprint density at radius 2 is 2.30 bits per heavy atom. The summed E-state index contributed by atoms with van der Waals surface area (Å²) in [5, 5.41) is 3.06. The van der Waals surface area contributed by atoms with E-state index in [-0.39, 0.29) is 5.91 Å². The van der Waals surface area contributed by atoms with Gasteiger partial charge in [0.25, 0.3) is 0 Å². The van der Waals surface area contributed by atoms with E-state index >= 15 is 0 Å². The van der Waals surface area contributed by atoms with E-state index in [2.05, 4.69) is 27.8 Å². The van der Waals surface area contributed by atoms with Crippen molar-refractivity contribution in [1.29, 1.82) is 0 Å². The second kappa shape index (κ2) is 5.47. The van der Waals surface area contributed by atoms with Crippen molar-refractivity contribution in [2.45, 2.75) is 13.3 Å². The average molecular weight is 206 g/mol. The minimum Gasteiger partial charge on any atom is -0.352 e. The molecule has 0 aliphatic rings. The monoisotopic (exact) mass is 205 g/mol. The van der Waals surface area contributed by atoms with Crippen LogP contribution >= 0.6 is 15.9 Å². The van der Waals surface area contributed by atoms with Crippen molar-refractivity contribution < 1.29 is 4.79 Å². The number of hydrogen-bond acceptors (Lipinski definition) is 1. The van der Waals surface area contributed by atoms with E-state index in [4.69, 9.17) is 0 Å². The maximum atomic E-state index is 10.6. The third kappa shape index (κ3) is 4.56. The maximum absolute atomic E-state index is 10.6. The highest BCUT2D eigenvalue weighted by atomic mass is 79.9. The summed E-state index contributed by atoms with van der Waals surface area (Å²) in [6.45, 7) is 6.36. The number of amides is 1. The highest BCUT2D eigenvalue weighted by Crippen LogP contribution is 1.92. The van der Waals surface area contributed by atoms with Gasteiger partial charge in [-0.3, -0.25) is 4.79 Å². The first kappa shape index (κ1) is 9.69. The lowest BCUT2D eigenvalue weighted by Crippen LogP contribution is -2.25. The lowest BCUT2D eigenvalue weighted by atomic mass is 10.2. The number of rotatable bonds is 4. The molecule has 58 valence electrons. The van der Waals surface area contributed by atoms with E-state index in [0.717, 1.165) is 12.0 Å². The van der Waals surface area contributed by atoms with Gasteiger partial charge in [0.15, 0.2) is 0 Å². The maximum Gasteiger partial charge on any atom is 0.230 e. The van der Waals surface area contributed by atoms with Gasteiger partial charge in [0.05, 0.1) is 5.33 Å². The fourth-order valence-electron chi connectivity index (χ4n) is 0.396. The van der Waals surface area contributed by atoms with Crippen molar-refractivity contribution >= 4 is 21.8 Å². The molecule has 0 aliphatic heterocycles. The summed E-state index contributed by atoms with van der Waals surface area (Å²) in [6, 6.07) is 0. The molecular weight excluding hydrogens is 194 g/mol. The predicted molar refractivity (Wildman–Crippen MR) is 46.2 cm³/mol. The van der Waals surface area contributed by atoms with Gasteiger partial charge in [0.1, 0.15) is 0 Å². The Balaban J connectivity index is 3.35. The molecule has 0 rings (SSSR count). The normalized spacial score (nSPS) is 9.00. The van der Waals surface area contributed by atoms with Crippen LogP contribution < -0.4 is 5.32 Å². The Bertz CT molecular complexity index is 118. The summed E-state index contributed by atoms with van der Waals surface area (Å²) in [5.41, 5.74) is 1.05. The Labute approximate surface area is 69.8 Å². The van der Waals surface area contributed by atoms with Gasteiger partial charge < -0.3 is 5.32 Å². The molecule has 0 aromatic rings. The largest absolute Gasteiger partial charge is 0.352 e. The highest BCUT2D eigenvalue weighted by molar-refractivity contribution is 9.09. The van der Waals surface area contributed by atoms with Gasteiger partial charge in [-0.15, -0.1) is 0 Å². The highest BCUT2D eigenvalue weighted by Gasteiger charge is 1.96. The molecule has 0 heterocycles. The topological polar surface area (TPSA) is 29.1 Å². The second-order valence-corrected chi connectivity index (χ2v) is 2.57. The van der Waals surface area contributed by atoms with Crippen LogP contribution in [0.1, 0.15) is 13.3 Å². The fourth-order valence-corrected chi connectivity index (χ4v) is 0.594. The summed E-state index contributed by atoms with van der Waals surface area (Å²) in [7, 11) is 0. The minimum atomic E-state index is 0.00889. The van der Waals surface area contributed by atoms with E-state index < -0.39 is 0 Å². The van der Waals surface area contributed by atoms with Crippen molar-refractivity contribution in [1.82, 2.24) is 5.32 Å². The standard InChI is InChI=1S/C7H12BrNO/c1-3-6(2)5-9-7(10)4-8/h2-5H2,1H3,(H,9,10). The van der Waals surface area contributed by atoms with Crippen molar-refractivity contribution in [2.75, 3.05) is 11.9 Å². The van der Waals surface area contributed by atoms with E-state index in [0.29, 0.717) is 11.9 Å². The minimum absolute atomic E-state index is 0.00889. The molecule has 0 aromatic heterocycles. The van der Waals surface area contributed by atoms with Crippen LogP contribution in [0.4, 0.5) is 0 Å². The van der Waals surface area contributed by atoms with Gasteiger partial charge >= 0.3 is 0 Å². The molecule has 0 aliphatic carbocycles. The number of carbonyl (C=O) groups is 1. The summed E-state index contributed by atoms with van der Waals surface area (Å²) >= 11 is 3.05. The smallest absolute Gasteiger partial charge is 0.230 e. The fraction of sp³-hybridized carbons (Fsp3) is 0.571. The Hall–Kier alpha value is -0.310. The number of carbonyl (C=O) groups excluding carboxylic acids is 1. The van der Waals surface area contributed by atoms with Gasteiger partial charge in [0.2, 0.25) is 5.91 Å². The molecule has 0 spiro atoms. The molecule has 0 saturated heterocycles. The molecule has 0 unspecified atom stereocenters. The zero-order valence-electron chi connectivity index (χ0n) is 6.11. The number of hydrogen-bond donors (Lipinski definition) is 1. The van der Waals surface area contributed by atoms with Crippen LogP contribution in [0.15, 0.2) is 12.2 Å². The SMILES string of the molecule is C=C(CC)CNC(=O)CBr. The molecule has 2 nitrogen and oxygen atoms in total. The Morgan fingerprint density at radius 3 is 2.70 bits per heavy atom. The number of nitrogens with one attached hydrogen (secondary N) is 1. The van der Waals surface area contributed by atoms with Gasteiger partial charge in [-0.1, -0.05) is 35.0 Å². The van der Waals surface area contributed by atoms with Gasteiger partial charge in [-0.25, -0.2) is 0 Å². The van der Waals surface area contributed by atoms with Crippen LogP contribution in [-0.2, 0) is 4.79 Å². The van der Waals surface area contributed by atoms with Crippen LogP contribution in [0.3, 0.4) is 0 Å². The van der Waals surface area contributed by atoms with Gasteiger partial charge in [0, 0.05) is 6.54 Å². The lowest BCUT2D eigenvalue weighted by Gasteiger charge is -2.02. The molecule has 0 saturated carbocycles. The van der Waals surface area contributed by atoms with Crippen molar-refractivity contribution in [3.05, 3.63) is 12.2 Å². The van der Waals surface area contributed by atoms with Crippen LogP contribution in [0.25, 0.3) is 0 Å². The molecule has 3 heteroatoms. The zero-order chi connectivity index (χ0) is 7.98. The van der Waals surface area contributed by atoms with Crippen LogP contribution in [0, 0.1) is 0 Å². The van der Waals surface area contributed by atoms with E-state index in [1.165, 1.54) is 0 Å². The Kier molecular flexibility index (Phi) is 5.30. The summed E-state index contributed by atoms with van der Waals surface area (Å²) in [4.78, 5) is 10.6. The summed E-state index contributed by atoms with van der Waals surface area (Å²) < 4.78 is 0. The van der Waals surface area contributed by atoms with Crippen LogP contribution in [-0.4, -0.2) is 17.8 Å². The molecule has 10 heavy (non-hydrogen) atoms. The second-order valence-electron chi connectivity index (χ2n) is 2.01. The average Bonchev–Trinajstić information content (AvgIpc) is 1.99. The number of halogens is 1. The zero-order valence-corrected chi connectivity index (χ0v) is 7.70. The predicted octanol–water partition coefficient (Wildman–Crippen LogP) is 1.46. The molecule has 0 aromatic carbocycles. The molecule has 0 fully saturated rings. The molecule has 0 bridgehead atoms. The quantitative estimate of drug-likeness (QED) is 0.547. The molecular formula is C7H12BrNO. The third-order valence-electron chi connectivity index (χ3n) is 1.16. The summed E-state index contributed by atoms with van der Waals surface area (Å²) in [5.74, 6) is 0.00889. The van der Waals surface area contributed by atoms with Gasteiger partial charge in [-0.05, 0) is 6.42 Å². The van der Waals surface area contributed by atoms with E-state index in [1.807, 2.05) is 6.92 Å². The Morgan fingerprint density at radius 1 is 1.70 bits per heavy atom. The van der Waals surface area contributed by atoms with E-state index in [9.17, 15) is 4.79 Å². The molecule has 0 atom stereocenters. The first-order chi connectivity index (χ1) is 4.70. The number of alkyl halides is 1. The van der Waals surface area contributed by atoms with Crippen LogP contribution in [0.5, 0.6) is 0 Å². The van der Waals surface area contributed by atoms with Gasteiger partial charge in [-0.2, -0.15) is 0 Å². The molecule has 0 radical (unpaired) electrons. The van der Waals surface area contributed by atoms with E-state index in [1.54, 1.807) is 0 Å². The first-order valence-corrected chi connectivity index (χ1v) is 4.32. The van der Waals surface area contributed by atoms with Crippen molar-refractivity contribution in [3.63, 3.8) is 0 Å². The molecule has 1 N–H and O–H groups in total. The van der Waals surface area contributed by atoms with Crippen molar-refractivity contribution in [2.24, 2.45) is 0 Å². The van der Waals surface area contributed by atoms with Crippen LogP contribution in [0.2, 0.25) is 0 Å². The molecule has 1 amide bonds. The van der Waals surface area contributed by atoms with Crippen molar-refractivity contribution in [3.8, 4) is 0 Å². The third-order valence-corrected chi connectivity index (χ3v) is 1.67.